The number of hydrogen-bond donors (Lipinski definition) is 2. The highest BCUT2D eigenvalue weighted by atomic mass is 16.5. The van der Waals surface area contributed by atoms with E-state index in [9.17, 15) is 14.7 Å². The highest BCUT2D eigenvalue weighted by molar-refractivity contribution is 5.95. The molecule has 0 saturated carbocycles. The van der Waals surface area contributed by atoms with Gasteiger partial charge in [0.1, 0.15) is 11.5 Å². The van der Waals surface area contributed by atoms with E-state index in [0.29, 0.717) is 17.1 Å². The number of carbonyl (C=O) groups is 2. The number of benzene rings is 1. The van der Waals surface area contributed by atoms with E-state index in [4.69, 9.17) is 9.47 Å². The van der Waals surface area contributed by atoms with Gasteiger partial charge in [0.05, 0.1) is 27.9 Å². The van der Waals surface area contributed by atoms with Gasteiger partial charge in [-0.3, -0.25) is 4.79 Å². The summed E-state index contributed by atoms with van der Waals surface area (Å²) < 4.78 is 14.4. The Hall–Kier alpha value is -2.28. The molecule has 1 amide bonds. The van der Waals surface area contributed by atoms with Gasteiger partial charge in [-0.15, -0.1) is 0 Å². The van der Waals surface area contributed by atoms with E-state index in [0.717, 1.165) is 7.11 Å². The maximum Gasteiger partial charge on any atom is 0.336 e. The summed E-state index contributed by atoms with van der Waals surface area (Å²) in [4.78, 5) is 22.9. The average molecular weight is 283 g/mol. The van der Waals surface area contributed by atoms with Crippen LogP contribution in [0.5, 0.6) is 11.5 Å². The Kier molecular flexibility index (Phi) is 5.79. The summed E-state index contributed by atoms with van der Waals surface area (Å²) in [5, 5.41) is 11.8. The standard InChI is InChI=1S/C13H17NO6/c1-18-9-4-8(5-10(6-9)19-2)12(16)14-7-11(15)13(17)20-3/h4-6,11,15H,7H2,1-3H3,(H,14,16). The van der Waals surface area contributed by atoms with Crippen LogP contribution >= 0.6 is 0 Å². The summed E-state index contributed by atoms with van der Waals surface area (Å²) in [6, 6.07) is 4.66. The Bertz CT molecular complexity index is 465. The van der Waals surface area contributed by atoms with Gasteiger partial charge < -0.3 is 24.6 Å². The van der Waals surface area contributed by atoms with Crippen molar-refractivity contribution >= 4 is 11.9 Å². The van der Waals surface area contributed by atoms with Gasteiger partial charge in [0, 0.05) is 11.6 Å². The zero-order valence-corrected chi connectivity index (χ0v) is 11.5. The average Bonchev–Trinajstić information content (AvgIpc) is 2.50. The van der Waals surface area contributed by atoms with Crippen LogP contribution in [0, 0.1) is 0 Å². The first-order valence-corrected chi connectivity index (χ1v) is 5.79. The molecule has 0 saturated heterocycles. The first-order valence-electron chi connectivity index (χ1n) is 5.79. The second-order valence-corrected chi connectivity index (χ2v) is 3.85. The minimum Gasteiger partial charge on any atom is -0.497 e. The first-order chi connectivity index (χ1) is 9.51. The predicted molar refractivity (Wildman–Crippen MR) is 69.9 cm³/mol. The van der Waals surface area contributed by atoms with Crippen molar-refractivity contribution in [1.29, 1.82) is 0 Å². The van der Waals surface area contributed by atoms with Crippen molar-refractivity contribution in [1.82, 2.24) is 5.32 Å². The Morgan fingerprint density at radius 3 is 2.15 bits per heavy atom. The molecule has 7 heteroatoms. The SMILES string of the molecule is COC(=O)C(O)CNC(=O)c1cc(OC)cc(OC)c1. The summed E-state index contributed by atoms with van der Waals surface area (Å²) in [5.41, 5.74) is 0.290. The molecule has 0 aliphatic rings. The molecule has 20 heavy (non-hydrogen) atoms. The number of amides is 1. The molecule has 1 aromatic carbocycles. The van der Waals surface area contributed by atoms with Gasteiger partial charge in [-0.25, -0.2) is 4.79 Å². The van der Waals surface area contributed by atoms with Crippen LogP contribution in [0.3, 0.4) is 0 Å². The second-order valence-electron chi connectivity index (χ2n) is 3.85. The number of methoxy groups -OCH3 is 3. The quantitative estimate of drug-likeness (QED) is 0.712. The van der Waals surface area contributed by atoms with E-state index in [2.05, 4.69) is 10.1 Å². The minimum absolute atomic E-state index is 0.245. The second kappa shape index (κ2) is 7.34. The van der Waals surface area contributed by atoms with E-state index in [1.165, 1.54) is 26.4 Å². The Morgan fingerprint density at radius 2 is 1.70 bits per heavy atom. The molecule has 1 aromatic rings. The number of nitrogens with one attached hydrogen (secondary N) is 1. The summed E-state index contributed by atoms with van der Waals surface area (Å²) in [6.45, 7) is -0.245. The highest BCUT2D eigenvalue weighted by Gasteiger charge is 2.17. The Morgan fingerprint density at radius 1 is 1.15 bits per heavy atom. The van der Waals surface area contributed by atoms with Crippen LogP contribution in [0.2, 0.25) is 0 Å². The van der Waals surface area contributed by atoms with Crippen LogP contribution in [0.4, 0.5) is 0 Å². The summed E-state index contributed by atoms with van der Waals surface area (Å²) in [7, 11) is 4.09. The van der Waals surface area contributed by atoms with Crippen molar-refractivity contribution < 1.29 is 28.9 Å². The van der Waals surface area contributed by atoms with E-state index in [-0.39, 0.29) is 6.54 Å². The van der Waals surface area contributed by atoms with Gasteiger partial charge in [-0.2, -0.15) is 0 Å². The minimum atomic E-state index is -1.41. The number of hydrogen-bond acceptors (Lipinski definition) is 6. The molecule has 1 atom stereocenters. The molecule has 110 valence electrons. The number of esters is 1. The smallest absolute Gasteiger partial charge is 0.336 e. The van der Waals surface area contributed by atoms with E-state index < -0.39 is 18.0 Å². The van der Waals surface area contributed by atoms with Gasteiger partial charge in [0.25, 0.3) is 5.91 Å². The highest BCUT2D eigenvalue weighted by Crippen LogP contribution is 2.22. The number of ether oxygens (including phenoxy) is 3. The monoisotopic (exact) mass is 283 g/mol. The van der Waals surface area contributed by atoms with Crippen molar-refractivity contribution in [3.05, 3.63) is 23.8 Å². The van der Waals surface area contributed by atoms with Gasteiger partial charge in [-0.05, 0) is 12.1 Å². The zero-order chi connectivity index (χ0) is 15.1. The summed E-state index contributed by atoms with van der Waals surface area (Å²) >= 11 is 0. The lowest BCUT2D eigenvalue weighted by Gasteiger charge is -2.11. The van der Waals surface area contributed by atoms with Crippen LogP contribution in [-0.4, -0.2) is 51.0 Å². The molecular weight excluding hydrogens is 266 g/mol. The Labute approximate surface area is 116 Å². The number of rotatable bonds is 6. The molecule has 0 aromatic heterocycles. The molecule has 0 bridgehead atoms. The number of aliphatic hydroxyl groups excluding tert-OH is 1. The number of carbonyl (C=O) groups excluding carboxylic acids is 2. The van der Waals surface area contributed by atoms with E-state index in [1.54, 1.807) is 6.07 Å². The van der Waals surface area contributed by atoms with Crippen molar-refractivity contribution in [2.24, 2.45) is 0 Å². The Balaban J connectivity index is 2.74. The van der Waals surface area contributed by atoms with Crippen molar-refractivity contribution in [3.8, 4) is 11.5 Å². The molecule has 7 nitrogen and oxygen atoms in total. The maximum absolute atomic E-state index is 11.9. The fourth-order valence-corrected chi connectivity index (χ4v) is 1.45. The van der Waals surface area contributed by atoms with Crippen LogP contribution < -0.4 is 14.8 Å². The lowest BCUT2D eigenvalue weighted by atomic mass is 10.2. The summed E-state index contributed by atoms with van der Waals surface area (Å²) in [5.74, 6) is -0.357. The predicted octanol–water partition coefficient (Wildman–Crippen LogP) is -0.0325. The molecule has 0 fully saturated rings. The van der Waals surface area contributed by atoms with E-state index in [1.807, 2.05) is 0 Å². The molecule has 0 radical (unpaired) electrons. The van der Waals surface area contributed by atoms with Crippen molar-refractivity contribution in [2.75, 3.05) is 27.9 Å². The van der Waals surface area contributed by atoms with Crippen LogP contribution in [0.25, 0.3) is 0 Å². The largest absolute Gasteiger partial charge is 0.497 e. The lowest BCUT2D eigenvalue weighted by Crippen LogP contribution is -2.37. The normalized spacial score (nSPS) is 11.4. The van der Waals surface area contributed by atoms with Crippen LogP contribution in [0.1, 0.15) is 10.4 Å². The molecule has 0 heterocycles. The first kappa shape index (κ1) is 15.8. The maximum atomic E-state index is 11.9. The van der Waals surface area contributed by atoms with E-state index >= 15 is 0 Å². The van der Waals surface area contributed by atoms with Crippen molar-refractivity contribution in [2.45, 2.75) is 6.10 Å². The van der Waals surface area contributed by atoms with Gasteiger partial charge in [0.2, 0.25) is 0 Å². The summed E-state index contributed by atoms with van der Waals surface area (Å²) in [6.07, 6.45) is -1.41. The third kappa shape index (κ3) is 4.13. The molecule has 0 aliphatic heterocycles. The van der Waals surface area contributed by atoms with Gasteiger partial charge in [-0.1, -0.05) is 0 Å². The van der Waals surface area contributed by atoms with Crippen LogP contribution in [0.15, 0.2) is 18.2 Å². The number of aliphatic hydroxyl groups is 1. The van der Waals surface area contributed by atoms with Gasteiger partial charge >= 0.3 is 5.97 Å². The molecular formula is C13H17NO6. The topological polar surface area (TPSA) is 94.1 Å². The fraction of sp³-hybridized carbons (Fsp3) is 0.385. The molecule has 1 unspecified atom stereocenters. The third-order valence-corrected chi connectivity index (χ3v) is 2.54. The fourth-order valence-electron chi connectivity index (χ4n) is 1.45. The zero-order valence-electron chi connectivity index (χ0n) is 11.5. The van der Waals surface area contributed by atoms with Crippen LogP contribution in [-0.2, 0) is 9.53 Å². The molecule has 0 aliphatic carbocycles. The van der Waals surface area contributed by atoms with Crippen molar-refractivity contribution in [3.63, 3.8) is 0 Å². The third-order valence-electron chi connectivity index (χ3n) is 2.54. The van der Waals surface area contributed by atoms with Gasteiger partial charge in [0.15, 0.2) is 6.10 Å². The molecule has 2 N–H and O–H groups in total. The molecule has 0 spiro atoms. The lowest BCUT2D eigenvalue weighted by molar-refractivity contribution is -0.149. The molecule has 1 rings (SSSR count).